The smallest absolute Gasteiger partial charge is 0.295 e. The Morgan fingerprint density at radius 1 is 1.92 bits per heavy atom. The summed E-state index contributed by atoms with van der Waals surface area (Å²) in [5.41, 5.74) is -0.966. The highest BCUT2D eigenvalue weighted by Crippen LogP contribution is 2.24. The molecule has 0 spiro atoms. The van der Waals surface area contributed by atoms with Crippen molar-refractivity contribution >= 4 is 5.91 Å². The molecule has 1 aliphatic heterocycles. The average Bonchev–Trinajstić information content (AvgIpc) is 2.44. The first-order valence-electron chi connectivity index (χ1n) is 4.17. The van der Waals surface area contributed by atoms with Gasteiger partial charge in [0.15, 0.2) is 0 Å². The number of carbonyl (C=O) groups is 1. The first-order chi connectivity index (χ1) is 6.08. The molecule has 0 bridgehead atoms. The average molecular weight is 183 g/mol. The van der Waals surface area contributed by atoms with E-state index in [2.05, 4.69) is 5.32 Å². The number of ether oxygens (including phenoxy) is 1. The number of aliphatic hydroxyl groups is 1. The second kappa shape index (κ2) is 3.77. The van der Waals surface area contributed by atoms with Crippen LogP contribution in [0.3, 0.4) is 0 Å². The first kappa shape index (κ1) is 10.0. The van der Waals surface area contributed by atoms with Crippen LogP contribution in [0, 0.1) is 12.3 Å². The molecular formula is C9H13NO3. The van der Waals surface area contributed by atoms with Crippen molar-refractivity contribution in [2.24, 2.45) is 0 Å². The molecule has 0 aromatic carbocycles. The van der Waals surface area contributed by atoms with Gasteiger partial charge in [-0.15, -0.1) is 6.42 Å². The highest BCUT2D eigenvalue weighted by molar-refractivity contribution is 5.92. The lowest BCUT2D eigenvalue weighted by atomic mass is 9.97. The van der Waals surface area contributed by atoms with E-state index < -0.39 is 11.5 Å². The lowest BCUT2D eigenvalue weighted by Gasteiger charge is -2.25. The van der Waals surface area contributed by atoms with Gasteiger partial charge in [-0.05, 0) is 12.8 Å². The van der Waals surface area contributed by atoms with Gasteiger partial charge in [-0.25, -0.2) is 0 Å². The number of terminal acetylenes is 1. The predicted octanol–water partition coefficient (Wildman–Crippen LogP) is -0.724. The van der Waals surface area contributed by atoms with Crippen LogP contribution < -0.4 is 5.32 Å². The molecule has 0 aromatic heterocycles. The van der Waals surface area contributed by atoms with Crippen molar-refractivity contribution in [2.75, 3.05) is 13.2 Å². The van der Waals surface area contributed by atoms with Crippen molar-refractivity contribution < 1.29 is 14.6 Å². The third-order valence-electron chi connectivity index (χ3n) is 2.35. The van der Waals surface area contributed by atoms with E-state index in [1.807, 2.05) is 5.92 Å². The minimum atomic E-state index is -0.966. The topological polar surface area (TPSA) is 58.6 Å². The third kappa shape index (κ3) is 2.20. The summed E-state index contributed by atoms with van der Waals surface area (Å²) < 4.78 is 5.18. The molecule has 1 rings (SSSR count). The van der Waals surface area contributed by atoms with E-state index in [4.69, 9.17) is 11.2 Å². The lowest BCUT2D eigenvalue weighted by Crippen LogP contribution is -2.47. The molecule has 2 N–H and O–H groups in total. The Morgan fingerprint density at radius 2 is 2.62 bits per heavy atom. The molecule has 1 saturated heterocycles. The second-order valence-electron chi connectivity index (χ2n) is 3.19. The van der Waals surface area contributed by atoms with E-state index in [1.54, 1.807) is 6.92 Å². The van der Waals surface area contributed by atoms with Crippen molar-refractivity contribution in [3.8, 4) is 12.3 Å². The lowest BCUT2D eigenvalue weighted by molar-refractivity contribution is -0.117. The summed E-state index contributed by atoms with van der Waals surface area (Å²) in [6.07, 6.45) is 5.13. The fourth-order valence-corrected chi connectivity index (χ4v) is 1.29. The molecule has 2 unspecified atom stereocenters. The van der Waals surface area contributed by atoms with Gasteiger partial charge in [-0.2, -0.15) is 0 Å². The Balaban J connectivity index is 2.44. The van der Waals surface area contributed by atoms with Crippen LogP contribution in [0.2, 0.25) is 0 Å². The molecule has 1 aliphatic rings. The van der Waals surface area contributed by atoms with Gasteiger partial charge in [0.1, 0.15) is 5.60 Å². The van der Waals surface area contributed by atoms with E-state index in [-0.39, 0.29) is 12.6 Å². The van der Waals surface area contributed by atoms with Crippen LogP contribution in [0.4, 0.5) is 0 Å². The molecule has 2 atom stereocenters. The monoisotopic (exact) mass is 183 g/mol. The summed E-state index contributed by atoms with van der Waals surface area (Å²) in [6, 6.07) is 0. The second-order valence-corrected chi connectivity index (χ2v) is 3.19. The quantitative estimate of drug-likeness (QED) is 0.555. The number of nitrogens with one attached hydrogen (secondary N) is 1. The van der Waals surface area contributed by atoms with E-state index in [9.17, 15) is 9.90 Å². The van der Waals surface area contributed by atoms with Gasteiger partial charge in [0.2, 0.25) is 0 Å². The van der Waals surface area contributed by atoms with E-state index in [0.717, 1.165) is 0 Å². The van der Waals surface area contributed by atoms with Crippen LogP contribution in [0.15, 0.2) is 0 Å². The largest absolute Gasteiger partial charge is 0.385 e. The molecule has 1 fully saturated rings. The Morgan fingerprint density at radius 3 is 3.08 bits per heavy atom. The van der Waals surface area contributed by atoms with E-state index in [1.165, 1.54) is 0 Å². The maximum absolute atomic E-state index is 10.7. The molecule has 0 saturated carbocycles. The number of rotatable bonds is 2. The maximum atomic E-state index is 10.7. The Bertz CT molecular complexity index is 246. The van der Waals surface area contributed by atoms with Crippen LogP contribution in [0.1, 0.15) is 13.3 Å². The summed E-state index contributed by atoms with van der Waals surface area (Å²) >= 11 is 0. The number of carbonyl (C=O) groups excluding carboxylic acids is 1. The van der Waals surface area contributed by atoms with Crippen LogP contribution in [0.5, 0.6) is 0 Å². The Kier molecular flexibility index (Phi) is 2.91. The molecule has 0 radical (unpaired) electrons. The van der Waals surface area contributed by atoms with Crippen molar-refractivity contribution in [1.29, 1.82) is 0 Å². The maximum Gasteiger partial charge on any atom is 0.295 e. The summed E-state index contributed by atoms with van der Waals surface area (Å²) in [4.78, 5) is 10.7. The fourth-order valence-electron chi connectivity index (χ4n) is 1.29. The van der Waals surface area contributed by atoms with Gasteiger partial charge in [0.25, 0.3) is 5.91 Å². The van der Waals surface area contributed by atoms with Gasteiger partial charge in [-0.1, -0.05) is 0 Å². The zero-order valence-corrected chi connectivity index (χ0v) is 7.54. The van der Waals surface area contributed by atoms with Crippen molar-refractivity contribution in [3.63, 3.8) is 0 Å². The first-order valence-corrected chi connectivity index (χ1v) is 4.17. The minimum absolute atomic E-state index is 0.150. The van der Waals surface area contributed by atoms with Crippen LogP contribution in [-0.4, -0.2) is 35.9 Å². The highest BCUT2D eigenvalue weighted by Gasteiger charge is 2.39. The van der Waals surface area contributed by atoms with Gasteiger partial charge in [0.05, 0.1) is 6.10 Å². The van der Waals surface area contributed by atoms with Crippen molar-refractivity contribution in [3.05, 3.63) is 0 Å². The molecule has 0 aliphatic carbocycles. The summed E-state index contributed by atoms with van der Waals surface area (Å²) in [5, 5.41) is 12.3. The SMILES string of the molecule is C#CC(=O)NCC1(O)CCOC1C. The summed E-state index contributed by atoms with van der Waals surface area (Å²) in [5.74, 6) is 1.41. The summed E-state index contributed by atoms with van der Waals surface area (Å²) in [7, 11) is 0. The molecule has 1 heterocycles. The van der Waals surface area contributed by atoms with Gasteiger partial charge in [0, 0.05) is 19.6 Å². The van der Waals surface area contributed by atoms with Crippen LogP contribution in [0.25, 0.3) is 0 Å². The fraction of sp³-hybridized carbons (Fsp3) is 0.667. The van der Waals surface area contributed by atoms with E-state index in [0.29, 0.717) is 13.0 Å². The zero-order chi connectivity index (χ0) is 9.90. The molecule has 4 heteroatoms. The minimum Gasteiger partial charge on any atom is -0.385 e. The Hall–Kier alpha value is -1.05. The summed E-state index contributed by atoms with van der Waals surface area (Å²) in [6.45, 7) is 2.44. The molecule has 0 aromatic rings. The van der Waals surface area contributed by atoms with Crippen LogP contribution in [-0.2, 0) is 9.53 Å². The molecular weight excluding hydrogens is 170 g/mol. The number of amides is 1. The zero-order valence-electron chi connectivity index (χ0n) is 7.54. The molecule has 72 valence electrons. The normalized spacial score (nSPS) is 32.5. The van der Waals surface area contributed by atoms with Crippen LogP contribution >= 0.6 is 0 Å². The van der Waals surface area contributed by atoms with Crippen molar-refractivity contribution in [2.45, 2.75) is 25.0 Å². The highest BCUT2D eigenvalue weighted by atomic mass is 16.5. The predicted molar refractivity (Wildman–Crippen MR) is 46.8 cm³/mol. The van der Waals surface area contributed by atoms with Crippen molar-refractivity contribution in [1.82, 2.24) is 5.32 Å². The molecule has 13 heavy (non-hydrogen) atoms. The van der Waals surface area contributed by atoms with Gasteiger partial charge >= 0.3 is 0 Å². The van der Waals surface area contributed by atoms with Gasteiger partial charge < -0.3 is 15.2 Å². The Labute approximate surface area is 77.3 Å². The number of hydrogen-bond donors (Lipinski definition) is 2. The standard InChI is InChI=1S/C9H13NO3/c1-3-8(11)10-6-9(12)4-5-13-7(9)2/h1,7,12H,4-6H2,2H3,(H,10,11). The number of hydrogen-bond acceptors (Lipinski definition) is 3. The molecule has 1 amide bonds. The third-order valence-corrected chi connectivity index (χ3v) is 2.35. The van der Waals surface area contributed by atoms with Gasteiger partial charge in [-0.3, -0.25) is 4.79 Å². The van der Waals surface area contributed by atoms with E-state index >= 15 is 0 Å². The molecule has 4 nitrogen and oxygen atoms in total.